The molecular formula is C21H23F2N5O. The molecule has 152 valence electrons. The van der Waals surface area contributed by atoms with Gasteiger partial charge >= 0.3 is 0 Å². The first kappa shape index (κ1) is 20.6. The lowest BCUT2D eigenvalue weighted by atomic mass is 10.1. The maximum absolute atomic E-state index is 13.4. The van der Waals surface area contributed by atoms with Crippen LogP contribution in [0.2, 0.25) is 0 Å². The second-order valence-corrected chi connectivity index (χ2v) is 6.98. The van der Waals surface area contributed by atoms with E-state index < -0.39 is 11.6 Å². The fourth-order valence-electron chi connectivity index (χ4n) is 2.70. The van der Waals surface area contributed by atoms with E-state index in [9.17, 15) is 13.9 Å². The number of halogens is 2. The van der Waals surface area contributed by atoms with Crippen LogP contribution in [0.4, 0.5) is 20.5 Å². The molecule has 0 bridgehead atoms. The molecule has 1 aromatic carbocycles. The summed E-state index contributed by atoms with van der Waals surface area (Å²) in [5.41, 5.74) is 2.03. The Hall–Kier alpha value is -3.13. The van der Waals surface area contributed by atoms with Crippen molar-refractivity contribution in [2.24, 2.45) is 5.92 Å². The van der Waals surface area contributed by atoms with Crippen molar-refractivity contribution in [1.82, 2.24) is 15.0 Å². The number of nitrogens with one attached hydrogen (secondary N) is 2. The molecule has 2 aromatic heterocycles. The van der Waals surface area contributed by atoms with Gasteiger partial charge in [0.1, 0.15) is 5.82 Å². The van der Waals surface area contributed by atoms with Crippen molar-refractivity contribution in [3.05, 3.63) is 66.0 Å². The van der Waals surface area contributed by atoms with Crippen molar-refractivity contribution >= 4 is 11.8 Å². The van der Waals surface area contributed by atoms with Crippen molar-refractivity contribution in [3.8, 4) is 11.3 Å². The molecule has 0 amide bonds. The predicted molar refractivity (Wildman–Crippen MR) is 108 cm³/mol. The fourth-order valence-corrected chi connectivity index (χ4v) is 2.70. The number of benzene rings is 1. The van der Waals surface area contributed by atoms with Gasteiger partial charge in [-0.1, -0.05) is 19.9 Å². The second kappa shape index (κ2) is 9.38. The molecule has 0 aliphatic rings. The monoisotopic (exact) mass is 399 g/mol. The average molecular weight is 399 g/mol. The first-order valence-electron chi connectivity index (χ1n) is 9.31. The lowest BCUT2D eigenvalue weighted by molar-refractivity contribution is 0.248. The zero-order valence-corrected chi connectivity index (χ0v) is 16.2. The first-order chi connectivity index (χ1) is 14.0. The molecule has 0 fully saturated rings. The Morgan fingerprint density at radius 2 is 1.90 bits per heavy atom. The first-order valence-corrected chi connectivity index (χ1v) is 9.31. The minimum absolute atomic E-state index is 0.0598. The molecule has 0 saturated carbocycles. The quantitative estimate of drug-likeness (QED) is 0.534. The smallest absolute Gasteiger partial charge is 0.225 e. The van der Waals surface area contributed by atoms with Crippen LogP contribution in [0.15, 0.2) is 48.8 Å². The lowest BCUT2D eigenvalue weighted by Gasteiger charge is -2.20. The highest BCUT2D eigenvalue weighted by Crippen LogP contribution is 2.22. The van der Waals surface area contributed by atoms with Gasteiger partial charge in [-0.2, -0.15) is 4.98 Å². The number of aromatic nitrogens is 3. The van der Waals surface area contributed by atoms with Crippen LogP contribution < -0.4 is 10.6 Å². The summed E-state index contributed by atoms with van der Waals surface area (Å²) in [5.74, 6) is -0.749. The molecular weight excluding hydrogens is 376 g/mol. The highest BCUT2D eigenvalue weighted by Gasteiger charge is 2.15. The van der Waals surface area contributed by atoms with Crippen LogP contribution in [0.5, 0.6) is 0 Å². The average Bonchev–Trinajstić information content (AvgIpc) is 2.73. The van der Waals surface area contributed by atoms with Gasteiger partial charge in [0.15, 0.2) is 11.6 Å². The number of aliphatic hydroxyl groups excluding tert-OH is 1. The maximum Gasteiger partial charge on any atom is 0.225 e. The van der Waals surface area contributed by atoms with Crippen LogP contribution in [-0.2, 0) is 6.54 Å². The van der Waals surface area contributed by atoms with Crippen molar-refractivity contribution in [2.45, 2.75) is 26.4 Å². The Labute approximate surface area is 168 Å². The molecule has 0 spiro atoms. The van der Waals surface area contributed by atoms with Crippen molar-refractivity contribution in [1.29, 1.82) is 0 Å². The molecule has 3 rings (SSSR count). The minimum atomic E-state index is -0.895. The number of aliphatic hydroxyl groups is 1. The summed E-state index contributed by atoms with van der Waals surface area (Å²) < 4.78 is 26.6. The number of rotatable bonds is 8. The molecule has 0 saturated heterocycles. The molecule has 2 heterocycles. The van der Waals surface area contributed by atoms with Crippen molar-refractivity contribution < 1.29 is 13.9 Å². The molecule has 6 nitrogen and oxygen atoms in total. The third kappa shape index (κ3) is 5.45. The Kier molecular flexibility index (Phi) is 6.66. The summed E-state index contributed by atoms with van der Waals surface area (Å²) in [6.45, 7) is 4.17. The summed E-state index contributed by atoms with van der Waals surface area (Å²) in [6.07, 6.45) is 3.36. The maximum atomic E-state index is 13.4. The Morgan fingerprint density at radius 3 is 2.55 bits per heavy atom. The van der Waals surface area contributed by atoms with Gasteiger partial charge in [0.05, 0.1) is 18.3 Å². The topological polar surface area (TPSA) is 83.0 Å². The molecule has 3 N–H and O–H groups in total. The Balaban J connectivity index is 1.88. The zero-order valence-electron chi connectivity index (χ0n) is 16.2. The van der Waals surface area contributed by atoms with Gasteiger partial charge in [-0.3, -0.25) is 4.98 Å². The van der Waals surface area contributed by atoms with Crippen LogP contribution in [0.3, 0.4) is 0 Å². The van der Waals surface area contributed by atoms with Gasteiger partial charge in [0.2, 0.25) is 5.95 Å². The van der Waals surface area contributed by atoms with Crippen LogP contribution in [0, 0.1) is 17.6 Å². The highest BCUT2D eigenvalue weighted by molar-refractivity contribution is 5.63. The van der Waals surface area contributed by atoms with E-state index in [0.717, 1.165) is 17.7 Å². The van der Waals surface area contributed by atoms with Gasteiger partial charge in [0, 0.05) is 30.6 Å². The SMILES string of the molecule is CC(C)[C@H](CO)Nc1nc(NCc2ccc(F)c(F)c2)cc(-c2cccnc2)n1. The molecule has 8 heteroatoms. The highest BCUT2D eigenvalue weighted by atomic mass is 19.2. The van der Waals surface area contributed by atoms with E-state index in [1.54, 1.807) is 18.5 Å². The molecule has 0 aliphatic carbocycles. The number of hydrogen-bond donors (Lipinski definition) is 3. The van der Waals surface area contributed by atoms with Crippen molar-refractivity contribution in [2.75, 3.05) is 17.2 Å². The molecule has 0 aliphatic heterocycles. The summed E-state index contributed by atoms with van der Waals surface area (Å²) in [7, 11) is 0. The van der Waals surface area contributed by atoms with Crippen LogP contribution in [-0.4, -0.2) is 32.7 Å². The molecule has 1 atom stereocenters. The van der Waals surface area contributed by atoms with E-state index >= 15 is 0 Å². The van der Waals surface area contributed by atoms with E-state index in [-0.39, 0.29) is 25.1 Å². The van der Waals surface area contributed by atoms with Gasteiger partial charge in [-0.05, 0) is 35.7 Å². The van der Waals surface area contributed by atoms with E-state index in [1.165, 1.54) is 6.07 Å². The standard InChI is InChI=1S/C21H23F2N5O/c1-13(2)19(12-29)27-21-26-18(15-4-3-7-24-11-15)9-20(28-21)25-10-14-5-6-16(22)17(23)8-14/h3-9,11,13,19,29H,10,12H2,1-2H3,(H2,25,26,27,28)/t19-/m0/s1. The Morgan fingerprint density at radius 1 is 1.07 bits per heavy atom. The molecule has 3 aromatic rings. The van der Waals surface area contributed by atoms with Crippen LogP contribution in [0.25, 0.3) is 11.3 Å². The lowest BCUT2D eigenvalue weighted by Crippen LogP contribution is -2.30. The fraction of sp³-hybridized carbons (Fsp3) is 0.286. The number of nitrogens with zero attached hydrogens (tertiary/aromatic N) is 3. The summed E-state index contributed by atoms with van der Waals surface area (Å²) >= 11 is 0. The van der Waals surface area contributed by atoms with Crippen LogP contribution in [0.1, 0.15) is 19.4 Å². The third-order valence-corrected chi connectivity index (χ3v) is 4.46. The third-order valence-electron chi connectivity index (χ3n) is 4.46. The van der Waals surface area contributed by atoms with Crippen molar-refractivity contribution in [3.63, 3.8) is 0 Å². The normalized spacial score (nSPS) is 12.1. The van der Waals surface area contributed by atoms with Gasteiger partial charge in [-0.15, -0.1) is 0 Å². The van der Waals surface area contributed by atoms with Gasteiger partial charge in [0.25, 0.3) is 0 Å². The molecule has 0 radical (unpaired) electrons. The van der Waals surface area contributed by atoms with E-state index in [0.29, 0.717) is 23.0 Å². The van der Waals surface area contributed by atoms with Gasteiger partial charge in [-0.25, -0.2) is 13.8 Å². The molecule has 29 heavy (non-hydrogen) atoms. The minimum Gasteiger partial charge on any atom is -0.394 e. The largest absolute Gasteiger partial charge is 0.394 e. The number of hydrogen-bond acceptors (Lipinski definition) is 6. The van der Waals surface area contributed by atoms with E-state index in [2.05, 4.69) is 25.6 Å². The predicted octanol–water partition coefficient (Wildman–Crippen LogP) is 3.86. The Bertz CT molecular complexity index is 953. The summed E-state index contributed by atoms with van der Waals surface area (Å²) in [4.78, 5) is 13.1. The zero-order chi connectivity index (χ0) is 20.8. The van der Waals surface area contributed by atoms with Gasteiger partial charge < -0.3 is 15.7 Å². The summed E-state index contributed by atoms with van der Waals surface area (Å²) in [5, 5.41) is 15.9. The molecule has 0 unspecified atom stereocenters. The second-order valence-electron chi connectivity index (χ2n) is 6.98. The van der Waals surface area contributed by atoms with Crippen LogP contribution >= 0.6 is 0 Å². The van der Waals surface area contributed by atoms with E-state index in [4.69, 9.17) is 0 Å². The number of pyridine rings is 1. The summed E-state index contributed by atoms with van der Waals surface area (Å²) in [6, 6.07) is 8.98. The van der Waals surface area contributed by atoms with E-state index in [1.807, 2.05) is 26.0 Å². The number of anilines is 2.